The van der Waals surface area contributed by atoms with Gasteiger partial charge in [0.1, 0.15) is 6.54 Å². The van der Waals surface area contributed by atoms with Gasteiger partial charge in [0.2, 0.25) is 5.91 Å². The Kier molecular flexibility index (Phi) is 5.85. The number of aromatic nitrogens is 2. The van der Waals surface area contributed by atoms with Gasteiger partial charge in [-0.15, -0.1) is 0 Å². The molecule has 2 heterocycles. The maximum atomic E-state index is 13.2. The number of benzene rings is 2. The third-order valence-electron chi connectivity index (χ3n) is 5.52. The van der Waals surface area contributed by atoms with Crippen LogP contribution in [0, 0.1) is 5.92 Å². The molecular formula is C22H19ClF3N3O3. The topological polar surface area (TPSA) is 75.4 Å². The SMILES string of the molecule is O=C(O)CC1Cc2cc(Cl)c3c(cnn3Cc3ccccc3)c2CN(CC(F)(F)F)C1=O. The van der Waals surface area contributed by atoms with Gasteiger partial charge in [0.25, 0.3) is 0 Å². The zero-order valence-corrected chi connectivity index (χ0v) is 17.5. The molecule has 4 rings (SSSR count). The second kappa shape index (κ2) is 8.46. The van der Waals surface area contributed by atoms with Gasteiger partial charge in [-0.2, -0.15) is 18.3 Å². The summed E-state index contributed by atoms with van der Waals surface area (Å²) in [5, 5.41) is 14.5. The van der Waals surface area contributed by atoms with Gasteiger partial charge in [-0.05, 0) is 29.2 Å². The average molecular weight is 466 g/mol. The predicted molar refractivity (Wildman–Crippen MR) is 111 cm³/mol. The van der Waals surface area contributed by atoms with E-state index >= 15 is 0 Å². The van der Waals surface area contributed by atoms with Crippen LogP contribution in [0.4, 0.5) is 13.2 Å². The van der Waals surface area contributed by atoms with Gasteiger partial charge in [0, 0.05) is 11.9 Å². The number of rotatable bonds is 5. The summed E-state index contributed by atoms with van der Waals surface area (Å²) < 4.78 is 41.2. The Balaban J connectivity index is 1.80. The van der Waals surface area contributed by atoms with Gasteiger partial charge in [-0.3, -0.25) is 14.3 Å². The Morgan fingerprint density at radius 2 is 1.97 bits per heavy atom. The lowest BCUT2D eigenvalue weighted by atomic mass is 9.93. The molecule has 168 valence electrons. The molecule has 1 N–H and O–H groups in total. The van der Waals surface area contributed by atoms with Crippen molar-refractivity contribution < 1.29 is 27.9 Å². The third-order valence-corrected chi connectivity index (χ3v) is 5.81. The van der Waals surface area contributed by atoms with Crippen LogP contribution < -0.4 is 0 Å². The molecule has 1 unspecified atom stereocenters. The lowest BCUT2D eigenvalue weighted by Crippen LogP contribution is -2.41. The fraction of sp³-hybridized carbons (Fsp3) is 0.318. The molecule has 0 saturated heterocycles. The second-order valence-electron chi connectivity index (χ2n) is 7.85. The highest BCUT2D eigenvalue weighted by Gasteiger charge is 2.39. The first kappa shape index (κ1) is 22.1. The van der Waals surface area contributed by atoms with Crippen molar-refractivity contribution >= 4 is 34.4 Å². The minimum absolute atomic E-state index is 0.00561. The number of carbonyl (C=O) groups is 2. The highest BCUT2D eigenvalue weighted by atomic mass is 35.5. The monoisotopic (exact) mass is 465 g/mol. The van der Waals surface area contributed by atoms with Gasteiger partial charge in [-0.25, -0.2) is 0 Å². The zero-order valence-electron chi connectivity index (χ0n) is 16.8. The normalized spacial score (nSPS) is 16.8. The summed E-state index contributed by atoms with van der Waals surface area (Å²) in [4.78, 5) is 24.7. The largest absolute Gasteiger partial charge is 0.481 e. The second-order valence-corrected chi connectivity index (χ2v) is 8.26. The minimum atomic E-state index is -4.61. The summed E-state index contributed by atoms with van der Waals surface area (Å²) in [5.74, 6) is -3.19. The maximum absolute atomic E-state index is 13.2. The van der Waals surface area contributed by atoms with Crippen LogP contribution in [0.15, 0.2) is 42.6 Å². The van der Waals surface area contributed by atoms with Crippen molar-refractivity contribution in [2.75, 3.05) is 6.54 Å². The molecule has 0 radical (unpaired) electrons. The Hall–Kier alpha value is -3.07. The molecule has 3 aromatic rings. The van der Waals surface area contributed by atoms with E-state index in [1.807, 2.05) is 30.3 Å². The molecule has 1 aromatic heterocycles. The van der Waals surface area contributed by atoms with Crippen LogP contribution >= 0.6 is 11.6 Å². The number of nitrogens with zero attached hydrogens (tertiary/aromatic N) is 3. The number of aliphatic carboxylic acids is 1. The van der Waals surface area contributed by atoms with E-state index in [0.717, 1.165) is 5.56 Å². The molecule has 10 heteroatoms. The van der Waals surface area contributed by atoms with Crippen molar-refractivity contribution in [1.29, 1.82) is 0 Å². The quantitative estimate of drug-likeness (QED) is 0.610. The lowest BCUT2D eigenvalue weighted by Gasteiger charge is -2.25. The van der Waals surface area contributed by atoms with Gasteiger partial charge in [-0.1, -0.05) is 41.9 Å². The van der Waals surface area contributed by atoms with Crippen LogP contribution in [0.1, 0.15) is 23.1 Å². The molecule has 0 fully saturated rings. The number of hydrogen-bond acceptors (Lipinski definition) is 3. The molecule has 1 atom stereocenters. The fourth-order valence-corrected chi connectivity index (χ4v) is 4.52. The van der Waals surface area contributed by atoms with E-state index in [2.05, 4.69) is 5.10 Å². The molecular weight excluding hydrogens is 447 g/mol. The standard InChI is InChI=1S/C22H19ClF3N3O3/c23-18-7-14-6-15(8-19(30)31)21(32)28(12-22(24,25)26)11-17(14)16-9-27-29(20(16)18)10-13-4-2-1-3-5-13/h1-5,7,9,15H,6,8,10-12H2,(H,30,31). The number of halogens is 4. The van der Waals surface area contributed by atoms with Crippen LogP contribution in [-0.4, -0.2) is 44.4 Å². The molecule has 0 saturated carbocycles. The van der Waals surface area contributed by atoms with E-state index in [0.29, 0.717) is 38.5 Å². The molecule has 1 aliphatic heterocycles. The van der Waals surface area contributed by atoms with Gasteiger partial charge in [0.05, 0.1) is 35.6 Å². The number of amides is 1. The summed E-state index contributed by atoms with van der Waals surface area (Å²) in [5.41, 5.74) is 2.60. The number of carbonyl (C=O) groups excluding carboxylic acids is 1. The minimum Gasteiger partial charge on any atom is -0.481 e. The Bertz CT molecular complexity index is 1180. The fourth-order valence-electron chi connectivity index (χ4n) is 4.18. The van der Waals surface area contributed by atoms with Gasteiger partial charge >= 0.3 is 12.1 Å². The Labute approximate surface area is 186 Å². The maximum Gasteiger partial charge on any atom is 0.406 e. The lowest BCUT2D eigenvalue weighted by molar-refractivity contribution is -0.165. The van der Waals surface area contributed by atoms with Crippen LogP contribution in [0.2, 0.25) is 5.02 Å². The summed E-state index contributed by atoms with van der Waals surface area (Å²) >= 11 is 6.54. The molecule has 0 bridgehead atoms. The Morgan fingerprint density at radius 3 is 2.62 bits per heavy atom. The molecule has 0 spiro atoms. The Morgan fingerprint density at radius 1 is 1.25 bits per heavy atom. The highest BCUT2D eigenvalue weighted by molar-refractivity contribution is 6.35. The molecule has 32 heavy (non-hydrogen) atoms. The zero-order chi connectivity index (χ0) is 23.0. The highest BCUT2D eigenvalue weighted by Crippen LogP contribution is 2.36. The van der Waals surface area contributed by atoms with Crippen molar-refractivity contribution in [2.45, 2.75) is 32.1 Å². The molecule has 1 amide bonds. The van der Waals surface area contributed by atoms with E-state index in [4.69, 9.17) is 11.6 Å². The smallest absolute Gasteiger partial charge is 0.406 e. The van der Waals surface area contributed by atoms with Crippen molar-refractivity contribution in [3.8, 4) is 0 Å². The van der Waals surface area contributed by atoms with Crippen molar-refractivity contribution in [3.05, 3.63) is 64.3 Å². The first-order valence-corrected chi connectivity index (χ1v) is 10.3. The van der Waals surface area contributed by atoms with Gasteiger partial charge in [0.15, 0.2) is 0 Å². The van der Waals surface area contributed by atoms with Crippen molar-refractivity contribution in [1.82, 2.24) is 14.7 Å². The van der Waals surface area contributed by atoms with Crippen molar-refractivity contribution in [3.63, 3.8) is 0 Å². The van der Waals surface area contributed by atoms with Gasteiger partial charge < -0.3 is 10.0 Å². The number of hydrogen-bond donors (Lipinski definition) is 1. The average Bonchev–Trinajstić information content (AvgIpc) is 3.07. The number of alkyl halides is 3. The van der Waals surface area contributed by atoms with Crippen LogP contribution in [0.5, 0.6) is 0 Å². The van der Waals surface area contributed by atoms with Crippen LogP contribution in [0.25, 0.3) is 10.9 Å². The molecule has 1 aliphatic rings. The molecule has 0 aliphatic carbocycles. The first-order chi connectivity index (χ1) is 15.1. The third kappa shape index (κ3) is 4.57. The summed E-state index contributed by atoms with van der Waals surface area (Å²) in [7, 11) is 0. The predicted octanol–water partition coefficient (Wildman–Crippen LogP) is 4.28. The molecule has 2 aromatic carbocycles. The van der Waals surface area contributed by atoms with E-state index in [1.165, 1.54) is 6.20 Å². The first-order valence-electron chi connectivity index (χ1n) is 9.89. The summed E-state index contributed by atoms with van der Waals surface area (Å²) in [6.45, 7) is -1.34. The number of carboxylic acids is 1. The summed E-state index contributed by atoms with van der Waals surface area (Å²) in [6, 6.07) is 11.1. The van der Waals surface area contributed by atoms with Crippen LogP contribution in [0.3, 0.4) is 0 Å². The number of carboxylic acid groups (broad SMARTS) is 1. The van der Waals surface area contributed by atoms with E-state index in [1.54, 1.807) is 10.7 Å². The van der Waals surface area contributed by atoms with E-state index in [-0.39, 0.29) is 13.0 Å². The van der Waals surface area contributed by atoms with E-state index < -0.39 is 36.9 Å². The molecule has 6 nitrogen and oxygen atoms in total. The van der Waals surface area contributed by atoms with Crippen LogP contribution in [-0.2, 0) is 29.1 Å². The number of fused-ring (bicyclic) bond motifs is 3. The van der Waals surface area contributed by atoms with E-state index in [9.17, 15) is 27.9 Å². The van der Waals surface area contributed by atoms with Crippen molar-refractivity contribution in [2.24, 2.45) is 5.92 Å². The summed E-state index contributed by atoms with van der Waals surface area (Å²) in [6.07, 6.45) is -3.64.